The van der Waals surface area contributed by atoms with Crippen LogP contribution in [0, 0.1) is 0 Å². The first-order valence-corrected chi connectivity index (χ1v) is 9.49. The highest BCUT2D eigenvalue weighted by atomic mass is 79.9. The van der Waals surface area contributed by atoms with Gasteiger partial charge in [-0.1, -0.05) is 27.5 Å². The number of imide groups is 1. The van der Waals surface area contributed by atoms with Crippen LogP contribution in [0.4, 0.5) is 10.5 Å². The van der Waals surface area contributed by atoms with Gasteiger partial charge in [0.2, 0.25) is 0 Å². The van der Waals surface area contributed by atoms with Gasteiger partial charge < -0.3 is 14.6 Å². The number of nitrogens with zero attached hydrogens (tertiary/aromatic N) is 1. The molecular formula is C18H10BrClNO5S-. The van der Waals surface area contributed by atoms with Crippen molar-refractivity contribution in [2.45, 2.75) is 0 Å². The second-order valence-electron chi connectivity index (χ2n) is 5.34. The van der Waals surface area contributed by atoms with Gasteiger partial charge in [0.15, 0.2) is 0 Å². The molecule has 1 aliphatic heterocycles. The SMILES string of the molecule is O=C([O-])COc1ccc(Br)cc1/C=C1\SC(=O)N(c2ccc(Cl)cc2)C1=O. The van der Waals surface area contributed by atoms with Crippen LogP contribution in [0.1, 0.15) is 5.56 Å². The molecule has 0 atom stereocenters. The Morgan fingerprint density at radius 1 is 1.22 bits per heavy atom. The molecule has 0 aromatic heterocycles. The first kappa shape index (κ1) is 19.5. The molecule has 0 aliphatic carbocycles. The third kappa shape index (κ3) is 4.52. The summed E-state index contributed by atoms with van der Waals surface area (Å²) in [4.78, 5) is 36.9. The lowest BCUT2D eigenvalue weighted by atomic mass is 10.2. The molecule has 9 heteroatoms. The highest BCUT2D eigenvalue weighted by molar-refractivity contribution is 9.10. The van der Waals surface area contributed by atoms with Gasteiger partial charge in [-0.2, -0.15) is 0 Å². The summed E-state index contributed by atoms with van der Waals surface area (Å²) in [5, 5.41) is 10.7. The van der Waals surface area contributed by atoms with E-state index in [2.05, 4.69) is 15.9 Å². The molecule has 0 saturated carbocycles. The van der Waals surface area contributed by atoms with Crippen molar-refractivity contribution in [1.29, 1.82) is 0 Å². The molecule has 0 bridgehead atoms. The Balaban J connectivity index is 1.93. The predicted molar refractivity (Wildman–Crippen MR) is 105 cm³/mol. The molecule has 1 fully saturated rings. The number of carboxylic acid groups (broad SMARTS) is 1. The topological polar surface area (TPSA) is 86.7 Å². The minimum atomic E-state index is -1.37. The number of carbonyl (C=O) groups is 3. The number of ether oxygens (including phenoxy) is 1. The number of thioether (sulfide) groups is 1. The van der Waals surface area contributed by atoms with Crippen LogP contribution < -0.4 is 14.7 Å². The van der Waals surface area contributed by atoms with E-state index >= 15 is 0 Å². The molecule has 138 valence electrons. The van der Waals surface area contributed by atoms with Crippen LogP contribution in [0.5, 0.6) is 5.75 Å². The van der Waals surface area contributed by atoms with Gasteiger partial charge in [-0.05, 0) is 60.3 Å². The summed E-state index contributed by atoms with van der Waals surface area (Å²) in [7, 11) is 0. The second kappa shape index (κ2) is 8.16. The van der Waals surface area contributed by atoms with E-state index in [9.17, 15) is 19.5 Å². The maximum Gasteiger partial charge on any atom is 0.298 e. The Morgan fingerprint density at radius 3 is 2.59 bits per heavy atom. The number of halogens is 2. The highest BCUT2D eigenvalue weighted by Gasteiger charge is 2.36. The van der Waals surface area contributed by atoms with Crippen molar-refractivity contribution in [3.63, 3.8) is 0 Å². The summed E-state index contributed by atoms with van der Waals surface area (Å²) in [6.45, 7) is -0.630. The zero-order chi connectivity index (χ0) is 19.6. The molecule has 6 nitrogen and oxygen atoms in total. The molecule has 2 aromatic rings. The van der Waals surface area contributed by atoms with Gasteiger partial charge in [0, 0.05) is 15.1 Å². The molecule has 2 aromatic carbocycles. The number of benzene rings is 2. The lowest BCUT2D eigenvalue weighted by Crippen LogP contribution is -2.29. The Kier molecular flexibility index (Phi) is 5.88. The van der Waals surface area contributed by atoms with Gasteiger partial charge in [-0.25, -0.2) is 4.90 Å². The Labute approximate surface area is 171 Å². The van der Waals surface area contributed by atoms with Gasteiger partial charge in [0.1, 0.15) is 12.4 Å². The van der Waals surface area contributed by atoms with Gasteiger partial charge >= 0.3 is 0 Å². The number of rotatable bonds is 5. The van der Waals surface area contributed by atoms with Crippen LogP contribution in [0.2, 0.25) is 5.02 Å². The Morgan fingerprint density at radius 2 is 1.93 bits per heavy atom. The molecule has 0 radical (unpaired) electrons. The van der Waals surface area contributed by atoms with E-state index in [1.54, 1.807) is 42.5 Å². The molecule has 0 unspecified atom stereocenters. The van der Waals surface area contributed by atoms with Gasteiger partial charge in [-0.3, -0.25) is 9.59 Å². The number of hydrogen-bond donors (Lipinski definition) is 0. The van der Waals surface area contributed by atoms with Crippen molar-refractivity contribution in [2.75, 3.05) is 11.5 Å². The highest BCUT2D eigenvalue weighted by Crippen LogP contribution is 2.37. The first-order chi connectivity index (χ1) is 12.8. The maximum absolute atomic E-state index is 12.7. The normalized spacial score (nSPS) is 15.5. The van der Waals surface area contributed by atoms with Crippen LogP contribution in [0.25, 0.3) is 6.08 Å². The van der Waals surface area contributed by atoms with Crippen molar-refractivity contribution in [3.8, 4) is 5.75 Å². The van der Waals surface area contributed by atoms with Gasteiger partial charge in [-0.15, -0.1) is 0 Å². The summed E-state index contributed by atoms with van der Waals surface area (Å²) in [6, 6.07) is 11.2. The number of hydrogen-bond acceptors (Lipinski definition) is 6. The van der Waals surface area contributed by atoms with Crippen LogP contribution in [-0.2, 0) is 9.59 Å². The number of carbonyl (C=O) groups excluding carboxylic acids is 3. The summed E-state index contributed by atoms with van der Waals surface area (Å²) in [5.74, 6) is -1.61. The minimum Gasteiger partial charge on any atom is -0.546 e. The summed E-state index contributed by atoms with van der Waals surface area (Å²) in [5.41, 5.74) is 0.861. The smallest absolute Gasteiger partial charge is 0.298 e. The predicted octanol–water partition coefficient (Wildman–Crippen LogP) is 3.47. The average Bonchev–Trinajstić information content (AvgIpc) is 2.89. The van der Waals surface area contributed by atoms with E-state index in [4.69, 9.17) is 16.3 Å². The molecule has 2 amide bonds. The van der Waals surface area contributed by atoms with Crippen LogP contribution in [0.15, 0.2) is 51.8 Å². The van der Waals surface area contributed by atoms with Crippen LogP contribution >= 0.6 is 39.3 Å². The van der Waals surface area contributed by atoms with E-state index < -0.39 is 23.7 Å². The summed E-state index contributed by atoms with van der Waals surface area (Å²) in [6.07, 6.45) is 1.48. The second-order valence-corrected chi connectivity index (χ2v) is 7.68. The van der Waals surface area contributed by atoms with Crippen molar-refractivity contribution in [3.05, 3.63) is 62.4 Å². The number of carboxylic acids is 1. The first-order valence-electron chi connectivity index (χ1n) is 7.51. The monoisotopic (exact) mass is 466 g/mol. The molecule has 1 saturated heterocycles. The van der Waals surface area contributed by atoms with Crippen molar-refractivity contribution < 1.29 is 24.2 Å². The molecule has 3 rings (SSSR count). The molecule has 27 heavy (non-hydrogen) atoms. The van der Waals surface area contributed by atoms with E-state index in [0.717, 1.165) is 16.7 Å². The number of anilines is 1. The van der Waals surface area contributed by atoms with Gasteiger partial charge in [0.25, 0.3) is 11.1 Å². The van der Waals surface area contributed by atoms with Gasteiger partial charge in [0.05, 0.1) is 16.6 Å². The quantitative estimate of drug-likeness (QED) is 0.626. The largest absolute Gasteiger partial charge is 0.546 e. The fraction of sp³-hybridized carbons (Fsp3) is 0.0556. The molecule has 1 heterocycles. The lowest BCUT2D eigenvalue weighted by Gasteiger charge is -2.12. The number of amides is 2. The molecular weight excluding hydrogens is 458 g/mol. The Bertz CT molecular complexity index is 961. The fourth-order valence-corrected chi connectivity index (χ4v) is 3.66. The van der Waals surface area contributed by atoms with E-state index in [1.807, 2.05) is 0 Å². The average molecular weight is 468 g/mol. The van der Waals surface area contributed by atoms with Crippen molar-refractivity contribution in [2.24, 2.45) is 0 Å². The molecule has 0 spiro atoms. The van der Waals surface area contributed by atoms with E-state index in [0.29, 0.717) is 20.7 Å². The fourth-order valence-electron chi connectivity index (χ4n) is 2.32. The summed E-state index contributed by atoms with van der Waals surface area (Å²) >= 11 is 9.94. The Hall–Kier alpha value is -2.29. The number of aliphatic carboxylic acids is 1. The summed E-state index contributed by atoms with van der Waals surface area (Å²) < 4.78 is 5.89. The standard InChI is InChI=1S/C18H11BrClNO5S/c19-11-1-6-14(26-9-16(22)23)10(7-11)8-15-17(24)21(18(25)27-15)13-4-2-12(20)3-5-13/h1-8H,9H2,(H,22,23)/p-1/b15-8-. The third-order valence-corrected chi connectivity index (χ3v) is 5.10. The zero-order valence-electron chi connectivity index (χ0n) is 13.5. The van der Waals surface area contributed by atoms with E-state index in [-0.39, 0.29) is 10.7 Å². The zero-order valence-corrected chi connectivity index (χ0v) is 16.6. The third-order valence-electron chi connectivity index (χ3n) is 3.48. The van der Waals surface area contributed by atoms with Crippen molar-refractivity contribution in [1.82, 2.24) is 0 Å². The minimum absolute atomic E-state index is 0.186. The van der Waals surface area contributed by atoms with Crippen LogP contribution in [-0.4, -0.2) is 23.7 Å². The molecule has 1 aliphatic rings. The maximum atomic E-state index is 12.7. The molecule has 0 N–H and O–H groups in total. The van der Waals surface area contributed by atoms with Crippen LogP contribution in [0.3, 0.4) is 0 Å². The lowest BCUT2D eigenvalue weighted by molar-refractivity contribution is -0.307. The van der Waals surface area contributed by atoms with Crippen molar-refractivity contribution >= 4 is 68.2 Å². The van der Waals surface area contributed by atoms with E-state index in [1.165, 1.54) is 6.08 Å².